The van der Waals surface area contributed by atoms with Crippen LogP contribution in [0.1, 0.15) is 11.5 Å². The minimum Gasteiger partial charge on any atom is -0.466 e. The second-order valence-electron chi connectivity index (χ2n) is 6.95. The number of hydrogen-bond acceptors (Lipinski definition) is 9. The first-order valence-corrected chi connectivity index (χ1v) is 9.95. The van der Waals surface area contributed by atoms with E-state index in [-0.39, 0.29) is 5.57 Å². The van der Waals surface area contributed by atoms with Gasteiger partial charge in [-0.2, -0.15) is 5.26 Å². The van der Waals surface area contributed by atoms with Crippen LogP contribution in [0.3, 0.4) is 0 Å². The lowest BCUT2D eigenvalue weighted by Crippen LogP contribution is -2.41. The summed E-state index contributed by atoms with van der Waals surface area (Å²) in [6.07, 6.45) is 0. The van der Waals surface area contributed by atoms with Gasteiger partial charge in [-0.05, 0) is 5.56 Å². The predicted octanol–water partition coefficient (Wildman–Crippen LogP) is 3.42. The van der Waals surface area contributed by atoms with Crippen molar-refractivity contribution < 1.29 is 32.8 Å². The molecule has 0 fully saturated rings. The van der Waals surface area contributed by atoms with E-state index in [2.05, 4.69) is 0 Å². The number of nitrogens with two attached hydrogens (primary N) is 1. The van der Waals surface area contributed by atoms with Crippen LogP contribution in [0.25, 0.3) is 0 Å². The van der Waals surface area contributed by atoms with Crippen LogP contribution in [0, 0.1) is 33.1 Å². The Balaban J connectivity index is 2.56. The molecule has 1 aliphatic rings. The molecule has 0 bridgehead atoms. The molecule has 0 saturated carbocycles. The van der Waals surface area contributed by atoms with Crippen molar-refractivity contribution in [3.63, 3.8) is 0 Å². The van der Waals surface area contributed by atoms with Crippen LogP contribution in [0.5, 0.6) is 0 Å². The third kappa shape index (κ3) is 4.13. The highest BCUT2D eigenvalue weighted by Gasteiger charge is 2.46. The number of nitriles is 1. The Morgan fingerprint density at radius 2 is 1.80 bits per heavy atom. The summed E-state index contributed by atoms with van der Waals surface area (Å²) in [5.74, 6) is -7.49. The number of methoxy groups -OCH3 is 2. The number of nitro benzene ring substituents is 1. The molecular weight excluding hydrogens is 490 g/mol. The van der Waals surface area contributed by atoms with Gasteiger partial charge in [0.05, 0.1) is 48.3 Å². The fourth-order valence-electron chi connectivity index (χ4n) is 3.67. The molecule has 1 heterocycles. The maximum absolute atomic E-state index is 15.3. The molecule has 2 aromatic rings. The summed E-state index contributed by atoms with van der Waals surface area (Å²) >= 11 is 5.66. The molecule has 1 atom stereocenters. The Kier molecular flexibility index (Phi) is 7.02. The van der Waals surface area contributed by atoms with Crippen molar-refractivity contribution in [2.75, 3.05) is 19.1 Å². The first-order valence-electron chi connectivity index (χ1n) is 9.58. The average molecular weight is 505 g/mol. The van der Waals surface area contributed by atoms with Crippen molar-refractivity contribution in [1.29, 1.82) is 5.26 Å². The number of anilines is 1. The van der Waals surface area contributed by atoms with Crippen molar-refractivity contribution in [2.24, 2.45) is 5.73 Å². The van der Waals surface area contributed by atoms with Gasteiger partial charge in [-0.3, -0.25) is 15.0 Å². The highest BCUT2D eigenvalue weighted by Crippen LogP contribution is 2.47. The first kappa shape index (κ1) is 25.1. The molecule has 0 aromatic heterocycles. The number of nitro groups is 1. The van der Waals surface area contributed by atoms with Gasteiger partial charge in [-0.25, -0.2) is 18.4 Å². The standard InChI is InChI=1S/C22H15ClF2N4O6/c1-34-21(30)15-14(10-6-4-3-5-7-10)11(9-26)20(27)28(19(15)22(31)35-2)18-13(29(32)33)8-12(24)16(23)17(18)25/h3-8,14H,27H2,1-2H3. The van der Waals surface area contributed by atoms with Crippen LogP contribution in [-0.4, -0.2) is 31.1 Å². The number of halogens is 3. The molecule has 0 amide bonds. The van der Waals surface area contributed by atoms with Gasteiger partial charge in [-0.1, -0.05) is 41.9 Å². The molecule has 10 nitrogen and oxygen atoms in total. The van der Waals surface area contributed by atoms with Crippen molar-refractivity contribution >= 4 is 34.9 Å². The molecule has 2 N–H and O–H groups in total. The number of allylic oxidation sites excluding steroid dienone is 1. The number of ether oxygens (including phenoxy) is 2. The smallest absolute Gasteiger partial charge is 0.355 e. The molecule has 0 aliphatic carbocycles. The topological polar surface area (TPSA) is 149 Å². The number of esters is 2. The van der Waals surface area contributed by atoms with Crippen molar-refractivity contribution in [3.05, 3.63) is 91.4 Å². The van der Waals surface area contributed by atoms with Crippen LogP contribution in [-0.2, 0) is 19.1 Å². The molecule has 35 heavy (non-hydrogen) atoms. The van der Waals surface area contributed by atoms with Gasteiger partial charge >= 0.3 is 11.9 Å². The molecule has 180 valence electrons. The summed E-state index contributed by atoms with van der Waals surface area (Å²) < 4.78 is 38.9. The Morgan fingerprint density at radius 3 is 2.31 bits per heavy atom. The van der Waals surface area contributed by atoms with Gasteiger partial charge in [0.25, 0.3) is 5.69 Å². The number of carbonyl (C=O) groups excluding carboxylic acids is 2. The van der Waals surface area contributed by atoms with E-state index in [4.69, 9.17) is 26.8 Å². The van der Waals surface area contributed by atoms with Crippen molar-refractivity contribution in [1.82, 2.24) is 0 Å². The number of benzene rings is 2. The van der Waals surface area contributed by atoms with Gasteiger partial charge in [0.1, 0.15) is 16.5 Å². The predicted molar refractivity (Wildman–Crippen MR) is 118 cm³/mol. The fourth-order valence-corrected chi connectivity index (χ4v) is 3.81. The van der Waals surface area contributed by atoms with Gasteiger partial charge in [0.2, 0.25) is 0 Å². The second kappa shape index (κ2) is 9.78. The minimum atomic E-state index is -1.66. The summed E-state index contributed by atoms with van der Waals surface area (Å²) in [6, 6.07) is 10.0. The highest BCUT2D eigenvalue weighted by molar-refractivity contribution is 6.31. The minimum absolute atomic E-state index is 0.316. The lowest BCUT2D eigenvalue weighted by molar-refractivity contribution is -0.384. The average Bonchev–Trinajstić information content (AvgIpc) is 2.86. The molecule has 1 aliphatic heterocycles. The van der Waals surface area contributed by atoms with Crippen molar-refractivity contribution in [3.8, 4) is 6.07 Å². The summed E-state index contributed by atoms with van der Waals surface area (Å²) in [5, 5.41) is 20.5. The Bertz CT molecular complexity index is 1350. The zero-order chi connectivity index (χ0) is 26.0. The quantitative estimate of drug-likeness (QED) is 0.279. The molecular formula is C22H15ClF2N4O6. The second-order valence-corrected chi connectivity index (χ2v) is 7.32. The van der Waals surface area contributed by atoms with E-state index < -0.39 is 67.9 Å². The Hall–Kier alpha value is -4.50. The number of nitrogens with zero attached hydrogens (tertiary/aromatic N) is 3. The highest BCUT2D eigenvalue weighted by atomic mass is 35.5. The zero-order valence-electron chi connectivity index (χ0n) is 18.0. The van der Waals surface area contributed by atoms with E-state index in [1.54, 1.807) is 24.3 Å². The normalized spacial score (nSPS) is 15.5. The molecule has 13 heteroatoms. The Morgan fingerprint density at radius 1 is 1.20 bits per heavy atom. The molecule has 2 aromatic carbocycles. The lowest BCUT2D eigenvalue weighted by atomic mass is 9.81. The first-order chi connectivity index (χ1) is 16.6. The number of hydrogen-bond donors (Lipinski definition) is 1. The van der Waals surface area contributed by atoms with E-state index in [0.717, 1.165) is 14.2 Å². The molecule has 3 rings (SSSR count). The van der Waals surface area contributed by atoms with E-state index >= 15 is 4.39 Å². The summed E-state index contributed by atoms with van der Waals surface area (Å²) in [6.45, 7) is 0. The van der Waals surface area contributed by atoms with Gasteiger partial charge < -0.3 is 15.2 Å². The van der Waals surface area contributed by atoms with Crippen LogP contribution >= 0.6 is 11.6 Å². The monoisotopic (exact) mass is 504 g/mol. The largest absolute Gasteiger partial charge is 0.466 e. The van der Waals surface area contributed by atoms with E-state index in [9.17, 15) is 29.4 Å². The summed E-state index contributed by atoms with van der Waals surface area (Å²) in [5.41, 5.74) is 2.54. The third-order valence-electron chi connectivity index (χ3n) is 5.15. The number of carbonyl (C=O) groups is 2. The third-order valence-corrected chi connectivity index (χ3v) is 5.49. The maximum atomic E-state index is 15.3. The molecule has 1 unspecified atom stereocenters. The SMILES string of the molecule is COC(=O)C1=C(C(=O)OC)N(c2c([N+](=O)[O-])cc(F)c(Cl)c2F)C(N)=C(C#N)C1c1ccccc1. The fraction of sp³-hybridized carbons (Fsp3) is 0.136. The molecule has 0 radical (unpaired) electrons. The van der Waals surface area contributed by atoms with E-state index in [0.29, 0.717) is 16.5 Å². The van der Waals surface area contributed by atoms with Crippen LogP contribution in [0.15, 0.2) is 59.1 Å². The number of rotatable bonds is 5. The van der Waals surface area contributed by atoms with Crippen LogP contribution in [0.4, 0.5) is 20.2 Å². The summed E-state index contributed by atoms with van der Waals surface area (Å²) in [4.78, 5) is 36.9. The van der Waals surface area contributed by atoms with Crippen LogP contribution in [0.2, 0.25) is 5.02 Å². The maximum Gasteiger partial charge on any atom is 0.355 e. The zero-order valence-corrected chi connectivity index (χ0v) is 18.8. The van der Waals surface area contributed by atoms with Gasteiger partial charge in [0, 0.05) is 0 Å². The summed E-state index contributed by atoms with van der Waals surface area (Å²) in [7, 11) is 1.92. The van der Waals surface area contributed by atoms with Gasteiger partial charge in [0.15, 0.2) is 17.3 Å². The van der Waals surface area contributed by atoms with E-state index in [1.165, 1.54) is 12.1 Å². The molecule has 0 spiro atoms. The van der Waals surface area contributed by atoms with Crippen molar-refractivity contribution in [2.45, 2.75) is 5.92 Å². The lowest BCUT2D eigenvalue weighted by Gasteiger charge is -2.35. The van der Waals surface area contributed by atoms with E-state index in [1.807, 2.05) is 0 Å². The van der Waals surface area contributed by atoms with Crippen LogP contribution < -0.4 is 10.6 Å². The van der Waals surface area contributed by atoms with Gasteiger partial charge in [-0.15, -0.1) is 0 Å². The molecule has 0 saturated heterocycles. The Labute approximate surface area is 201 Å².